The summed E-state index contributed by atoms with van der Waals surface area (Å²) in [6, 6.07) is 10.7. The van der Waals surface area contributed by atoms with Crippen LogP contribution in [0, 0.1) is 12.7 Å². The quantitative estimate of drug-likeness (QED) is 0.238. The molecule has 2 N–H and O–H groups in total. The number of hydrogen-bond donors (Lipinski definition) is 2. The molecule has 1 aliphatic carbocycles. The highest BCUT2D eigenvalue weighted by Crippen LogP contribution is 2.37. The molecule has 10 nitrogen and oxygen atoms in total. The first kappa shape index (κ1) is 29.8. The number of carbonyl (C=O) groups is 2. The molecule has 1 saturated carbocycles. The molecule has 0 atom stereocenters. The minimum atomic E-state index is -0.772. The highest BCUT2D eigenvalue weighted by atomic mass is 19.1. The second-order valence-corrected chi connectivity index (χ2v) is 11.5. The van der Waals surface area contributed by atoms with Gasteiger partial charge in [-0.2, -0.15) is 0 Å². The van der Waals surface area contributed by atoms with E-state index < -0.39 is 17.5 Å². The molecule has 0 radical (unpaired) electrons. The van der Waals surface area contributed by atoms with E-state index in [1.165, 1.54) is 18.1 Å². The Bertz CT molecular complexity index is 1670. The van der Waals surface area contributed by atoms with Gasteiger partial charge in [0.15, 0.2) is 17.1 Å². The molecule has 0 saturated heterocycles. The molecule has 226 valence electrons. The first-order valence-electron chi connectivity index (χ1n) is 14.0. The van der Waals surface area contributed by atoms with Crippen LogP contribution in [0.2, 0.25) is 0 Å². The van der Waals surface area contributed by atoms with E-state index in [9.17, 15) is 19.1 Å². The molecule has 0 bridgehead atoms. The fraction of sp³-hybridized carbons (Fsp3) is 0.344. The Kier molecular flexibility index (Phi) is 8.27. The van der Waals surface area contributed by atoms with Crippen molar-refractivity contribution in [3.63, 3.8) is 0 Å². The summed E-state index contributed by atoms with van der Waals surface area (Å²) in [4.78, 5) is 32.2. The predicted molar refractivity (Wildman–Crippen MR) is 159 cm³/mol. The lowest BCUT2D eigenvalue weighted by atomic mass is 10.0. The summed E-state index contributed by atoms with van der Waals surface area (Å²) < 4.78 is 32.7. The number of nitrogens with one attached hydrogen (secondary N) is 1. The number of methoxy groups -OCH3 is 1. The van der Waals surface area contributed by atoms with Crippen LogP contribution >= 0.6 is 0 Å². The van der Waals surface area contributed by atoms with Crippen LogP contribution in [0.5, 0.6) is 17.2 Å². The third kappa shape index (κ3) is 6.89. The third-order valence-electron chi connectivity index (χ3n) is 6.81. The lowest BCUT2D eigenvalue weighted by Crippen LogP contribution is -2.39. The Hall–Kier alpha value is -4.64. The minimum absolute atomic E-state index is 0.102. The molecule has 1 fully saturated rings. The first-order chi connectivity index (χ1) is 20.4. The Morgan fingerprint density at radius 2 is 1.93 bits per heavy atom. The Morgan fingerprint density at radius 1 is 1.16 bits per heavy atom. The molecule has 2 aromatic carbocycles. The van der Waals surface area contributed by atoms with Gasteiger partial charge in [-0.1, -0.05) is 6.07 Å². The lowest BCUT2D eigenvalue weighted by molar-refractivity contribution is 0.0569. The Balaban J connectivity index is 1.63. The zero-order valence-corrected chi connectivity index (χ0v) is 24.8. The second-order valence-electron chi connectivity index (χ2n) is 11.5. The second kappa shape index (κ2) is 11.9. The zero-order valence-electron chi connectivity index (χ0n) is 24.8. The summed E-state index contributed by atoms with van der Waals surface area (Å²) in [5.74, 6) is -0.855. The first-order valence-corrected chi connectivity index (χ1v) is 14.0. The average Bonchev–Trinajstić information content (AvgIpc) is 3.64. The number of aromatic nitrogens is 2. The zero-order chi connectivity index (χ0) is 30.9. The summed E-state index contributed by atoms with van der Waals surface area (Å²) in [5, 5.41) is 13.3. The van der Waals surface area contributed by atoms with Gasteiger partial charge in [-0.05, 0) is 70.4 Å². The number of hydrogen-bond acceptors (Lipinski definition) is 7. The maximum Gasteiger partial charge on any atom is 0.415 e. The van der Waals surface area contributed by atoms with Gasteiger partial charge in [0, 0.05) is 36.4 Å². The smallest absolute Gasteiger partial charge is 0.415 e. The summed E-state index contributed by atoms with van der Waals surface area (Å²) in [7, 11) is 1.53. The number of anilines is 1. The van der Waals surface area contributed by atoms with Gasteiger partial charge in [0.1, 0.15) is 17.2 Å². The number of rotatable bonds is 9. The summed E-state index contributed by atoms with van der Waals surface area (Å²) in [6.07, 6.45) is 4.66. The SMILES string of the molecule is COCCN(C(=O)OC(C)(C)C)c1cc(Oc2cc(F)ccc2O)cn2c(-c3ccc(C(=O)NC4CC4)c(C)c3)cnc12. The Morgan fingerprint density at radius 3 is 2.60 bits per heavy atom. The number of ether oxygens (including phenoxy) is 3. The van der Waals surface area contributed by atoms with Gasteiger partial charge in [-0.15, -0.1) is 0 Å². The molecule has 11 heteroatoms. The molecule has 2 heterocycles. The molecule has 5 rings (SSSR count). The number of pyridine rings is 1. The van der Waals surface area contributed by atoms with E-state index in [-0.39, 0.29) is 42.3 Å². The van der Waals surface area contributed by atoms with Gasteiger partial charge >= 0.3 is 6.09 Å². The van der Waals surface area contributed by atoms with Gasteiger partial charge in [-0.3, -0.25) is 14.1 Å². The number of aromatic hydroxyl groups is 1. The molecule has 0 spiro atoms. The number of nitrogens with zero attached hydrogens (tertiary/aromatic N) is 3. The van der Waals surface area contributed by atoms with Gasteiger partial charge in [0.05, 0.1) is 36.9 Å². The van der Waals surface area contributed by atoms with E-state index in [0.29, 0.717) is 22.6 Å². The van der Waals surface area contributed by atoms with Crippen LogP contribution in [-0.2, 0) is 9.47 Å². The topological polar surface area (TPSA) is 115 Å². The van der Waals surface area contributed by atoms with E-state index in [1.807, 2.05) is 19.1 Å². The van der Waals surface area contributed by atoms with Gasteiger partial charge < -0.3 is 24.6 Å². The standard InChI is InChI=1S/C32H35FN4O6/c1-19-14-20(6-10-24(19)30(39)35-22-8-9-22)26-17-34-29-25(36(12-13-41-5)31(40)43-32(2,3)4)16-23(18-37(26)29)42-28-15-21(33)7-11-27(28)38/h6-7,10-11,14-18,22,38H,8-9,12-13H2,1-5H3,(H,35,39). The van der Waals surface area contributed by atoms with Crippen LogP contribution in [0.15, 0.2) is 54.9 Å². The normalized spacial score (nSPS) is 13.2. The van der Waals surface area contributed by atoms with E-state index in [0.717, 1.165) is 36.1 Å². The molecular formula is C32H35FN4O6. The van der Waals surface area contributed by atoms with Crippen molar-refractivity contribution in [2.45, 2.75) is 52.2 Å². The van der Waals surface area contributed by atoms with Gasteiger partial charge in [0.25, 0.3) is 5.91 Å². The van der Waals surface area contributed by atoms with Crippen molar-refractivity contribution in [2.75, 3.05) is 25.2 Å². The average molecular weight is 591 g/mol. The number of aryl methyl sites for hydroxylation is 1. The number of benzene rings is 2. The molecule has 2 amide bonds. The third-order valence-corrected chi connectivity index (χ3v) is 6.81. The largest absolute Gasteiger partial charge is 0.504 e. The minimum Gasteiger partial charge on any atom is -0.504 e. The fourth-order valence-corrected chi connectivity index (χ4v) is 4.59. The van der Waals surface area contributed by atoms with Gasteiger partial charge in [-0.25, -0.2) is 14.2 Å². The van der Waals surface area contributed by atoms with Crippen LogP contribution in [0.1, 0.15) is 49.5 Å². The van der Waals surface area contributed by atoms with Crippen molar-refractivity contribution in [2.24, 2.45) is 0 Å². The fourth-order valence-electron chi connectivity index (χ4n) is 4.59. The lowest BCUT2D eigenvalue weighted by Gasteiger charge is -2.28. The maximum atomic E-state index is 14.0. The summed E-state index contributed by atoms with van der Waals surface area (Å²) in [6.45, 7) is 7.53. The number of phenols is 1. The van der Waals surface area contributed by atoms with Crippen molar-refractivity contribution >= 4 is 23.3 Å². The molecule has 4 aromatic rings. The molecule has 0 unspecified atom stereocenters. The van der Waals surface area contributed by atoms with Crippen LogP contribution < -0.4 is 15.0 Å². The summed E-state index contributed by atoms with van der Waals surface area (Å²) >= 11 is 0. The number of amides is 2. The predicted octanol–water partition coefficient (Wildman–Crippen LogP) is 6.23. The number of carbonyl (C=O) groups excluding carboxylic acids is 2. The van der Waals surface area contributed by atoms with Gasteiger partial charge in [0.2, 0.25) is 0 Å². The van der Waals surface area contributed by atoms with E-state index in [1.54, 1.807) is 49.7 Å². The Labute approximate surface area is 249 Å². The van der Waals surface area contributed by atoms with Crippen LogP contribution in [0.4, 0.5) is 14.9 Å². The van der Waals surface area contributed by atoms with E-state index in [2.05, 4.69) is 10.3 Å². The number of imidazole rings is 1. The van der Waals surface area contributed by atoms with Crippen molar-refractivity contribution in [3.05, 3.63) is 71.8 Å². The molecular weight excluding hydrogens is 555 g/mol. The van der Waals surface area contributed by atoms with Crippen molar-refractivity contribution < 1.29 is 33.3 Å². The van der Waals surface area contributed by atoms with Crippen molar-refractivity contribution in [1.82, 2.24) is 14.7 Å². The molecule has 1 aliphatic rings. The number of halogens is 1. The maximum absolute atomic E-state index is 14.0. The van der Waals surface area contributed by atoms with Crippen LogP contribution in [0.25, 0.3) is 16.9 Å². The van der Waals surface area contributed by atoms with E-state index >= 15 is 0 Å². The number of fused-ring (bicyclic) bond motifs is 1. The highest BCUT2D eigenvalue weighted by molar-refractivity contribution is 5.97. The van der Waals surface area contributed by atoms with E-state index in [4.69, 9.17) is 14.2 Å². The van der Waals surface area contributed by atoms with Crippen LogP contribution in [-0.4, -0.2) is 58.4 Å². The monoisotopic (exact) mass is 590 g/mol. The summed E-state index contributed by atoms with van der Waals surface area (Å²) in [5.41, 5.74) is 2.80. The number of phenolic OH excluding ortho intramolecular Hbond substituents is 1. The molecule has 43 heavy (non-hydrogen) atoms. The van der Waals surface area contributed by atoms with Crippen molar-refractivity contribution in [1.29, 1.82) is 0 Å². The van der Waals surface area contributed by atoms with Crippen molar-refractivity contribution in [3.8, 4) is 28.5 Å². The molecule has 0 aliphatic heterocycles. The molecule has 2 aromatic heterocycles. The highest BCUT2D eigenvalue weighted by Gasteiger charge is 2.28. The van der Waals surface area contributed by atoms with Crippen LogP contribution in [0.3, 0.4) is 0 Å².